The van der Waals surface area contributed by atoms with Crippen molar-refractivity contribution in [2.24, 2.45) is 0 Å². The monoisotopic (exact) mass is 380 g/mol. The Morgan fingerprint density at radius 2 is 1.82 bits per heavy atom. The Hall–Kier alpha value is -2.82. The minimum atomic E-state index is -0.462. The smallest absolute Gasteiger partial charge is 0.336 e. The van der Waals surface area contributed by atoms with Crippen molar-refractivity contribution < 1.29 is 13.6 Å². The summed E-state index contributed by atoms with van der Waals surface area (Å²) >= 11 is 0. The largest absolute Gasteiger partial charge is 0.485 e. The fourth-order valence-corrected chi connectivity index (χ4v) is 3.89. The van der Waals surface area contributed by atoms with Crippen molar-refractivity contribution in [3.8, 4) is 5.75 Å². The second kappa shape index (κ2) is 7.30. The zero-order valence-corrected chi connectivity index (χ0v) is 16.5. The highest BCUT2D eigenvalue weighted by Gasteiger charge is 2.26. The lowest BCUT2D eigenvalue weighted by Crippen LogP contribution is -2.18. The van der Waals surface area contributed by atoms with Crippen LogP contribution in [-0.2, 0) is 6.42 Å². The van der Waals surface area contributed by atoms with Gasteiger partial charge in [0.15, 0.2) is 16.6 Å². The number of fused-ring (bicyclic) bond motifs is 6. The predicted molar refractivity (Wildman–Crippen MR) is 110 cm³/mol. The molecule has 5 nitrogen and oxygen atoms in total. The van der Waals surface area contributed by atoms with Gasteiger partial charge in [-0.25, -0.2) is 4.79 Å². The van der Waals surface area contributed by atoms with Gasteiger partial charge in [0.05, 0.1) is 10.9 Å². The Bertz CT molecular complexity index is 1200. The van der Waals surface area contributed by atoms with Crippen LogP contribution < -0.4 is 15.8 Å². The van der Waals surface area contributed by atoms with E-state index in [0.717, 1.165) is 48.6 Å². The third kappa shape index (κ3) is 3.05. The van der Waals surface area contributed by atoms with E-state index >= 15 is 0 Å². The number of aryl methyl sites for hydroxylation is 2. The molecular weight excluding hydrogens is 356 g/mol. The Morgan fingerprint density at radius 1 is 1.00 bits per heavy atom. The highest BCUT2D eigenvalue weighted by molar-refractivity contribution is 6.10. The van der Waals surface area contributed by atoms with Crippen molar-refractivity contribution >= 4 is 28.0 Å². The summed E-state index contributed by atoms with van der Waals surface area (Å²) in [5, 5.41) is 1.02. The molecule has 1 aliphatic rings. The van der Waals surface area contributed by atoms with Gasteiger partial charge in [-0.2, -0.15) is 0 Å². The molecule has 3 heterocycles. The van der Waals surface area contributed by atoms with E-state index < -0.39 is 5.63 Å². The lowest BCUT2D eigenvalue weighted by molar-refractivity contribution is 0.236. The van der Waals surface area contributed by atoms with Crippen molar-refractivity contribution in [3.63, 3.8) is 0 Å². The molecule has 0 radical (unpaired) electrons. The van der Waals surface area contributed by atoms with E-state index in [4.69, 9.17) is 13.6 Å². The average molecular weight is 380 g/mol. The van der Waals surface area contributed by atoms with Gasteiger partial charge in [0.1, 0.15) is 23.0 Å². The lowest BCUT2D eigenvalue weighted by atomic mass is 9.96. The van der Waals surface area contributed by atoms with Crippen molar-refractivity contribution in [3.05, 3.63) is 55.7 Å². The molecule has 0 spiro atoms. The molecule has 0 bridgehead atoms. The SMILES string of the molecule is CCCCc1cc(=O)oc2c1c1c(c3oc(C)cc(=O)c32)C=CC(CCC)O1. The third-order valence-corrected chi connectivity index (χ3v) is 5.18. The van der Waals surface area contributed by atoms with Crippen molar-refractivity contribution in [1.82, 2.24) is 0 Å². The molecule has 28 heavy (non-hydrogen) atoms. The molecule has 3 aromatic rings. The first kappa shape index (κ1) is 18.5. The molecule has 1 aliphatic heterocycles. The van der Waals surface area contributed by atoms with Crippen molar-refractivity contribution in [2.45, 2.75) is 59.0 Å². The van der Waals surface area contributed by atoms with Crippen LogP contribution >= 0.6 is 0 Å². The first-order chi connectivity index (χ1) is 13.5. The molecule has 1 unspecified atom stereocenters. The first-order valence-electron chi connectivity index (χ1n) is 9.95. The molecule has 0 saturated heterocycles. The van der Waals surface area contributed by atoms with Crippen LogP contribution in [0.3, 0.4) is 0 Å². The maximum Gasteiger partial charge on any atom is 0.336 e. The summed E-state index contributed by atoms with van der Waals surface area (Å²) in [4.78, 5) is 25.1. The van der Waals surface area contributed by atoms with Gasteiger partial charge in [0.2, 0.25) is 0 Å². The van der Waals surface area contributed by atoms with Crippen LogP contribution in [0.4, 0.5) is 0 Å². The number of rotatable bonds is 5. The van der Waals surface area contributed by atoms with Crippen LogP contribution in [0, 0.1) is 6.92 Å². The summed E-state index contributed by atoms with van der Waals surface area (Å²) in [5.74, 6) is 1.15. The molecule has 0 amide bonds. The second-order valence-corrected chi connectivity index (χ2v) is 7.37. The number of benzene rings is 1. The second-order valence-electron chi connectivity index (χ2n) is 7.37. The zero-order valence-electron chi connectivity index (χ0n) is 16.5. The minimum absolute atomic E-state index is 0.0550. The summed E-state index contributed by atoms with van der Waals surface area (Å²) < 4.78 is 17.8. The van der Waals surface area contributed by atoms with Gasteiger partial charge >= 0.3 is 5.63 Å². The van der Waals surface area contributed by atoms with Gasteiger partial charge in [-0.05, 0) is 43.9 Å². The normalized spacial score (nSPS) is 15.8. The van der Waals surface area contributed by atoms with E-state index in [0.29, 0.717) is 22.5 Å². The van der Waals surface area contributed by atoms with E-state index in [-0.39, 0.29) is 17.1 Å². The van der Waals surface area contributed by atoms with Crippen LogP contribution in [0.5, 0.6) is 5.75 Å². The van der Waals surface area contributed by atoms with Gasteiger partial charge in [0.25, 0.3) is 0 Å². The van der Waals surface area contributed by atoms with Crippen LogP contribution in [0.2, 0.25) is 0 Å². The molecule has 1 aromatic carbocycles. The fraction of sp³-hybridized carbons (Fsp3) is 0.391. The van der Waals surface area contributed by atoms with Crippen LogP contribution in [0.1, 0.15) is 56.4 Å². The minimum Gasteiger partial charge on any atom is -0.485 e. The summed E-state index contributed by atoms with van der Waals surface area (Å²) in [7, 11) is 0. The summed E-state index contributed by atoms with van der Waals surface area (Å²) in [6, 6.07) is 2.95. The highest BCUT2D eigenvalue weighted by Crippen LogP contribution is 2.42. The Labute approximate surface area is 162 Å². The molecule has 1 atom stereocenters. The molecule has 2 aromatic heterocycles. The van der Waals surface area contributed by atoms with Gasteiger partial charge in [-0.1, -0.05) is 26.7 Å². The topological polar surface area (TPSA) is 69.7 Å². The molecular formula is C23H24O5. The van der Waals surface area contributed by atoms with E-state index in [1.165, 1.54) is 12.1 Å². The van der Waals surface area contributed by atoms with Crippen LogP contribution in [0.15, 0.2) is 36.6 Å². The Morgan fingerprint density at radius 3 is 2.57 bits per heavy atom. The Balaban J connectivity index is 2.16. The first-order valence-corrected chi connectivity index (χ1v) is 9.95. The Kier molecular flexibility index (Phi) is 4.84. The quantitative estimate of drug-likeness (QED) is 0.454. The highest BCUT2D eigenvalue weighted by atomic mass is 16.5. The standard InChI is InChI=1S/C23H24O5/c1-4-6-8-14-12-18(25)28-23-19(14)21-16(10-9-15(27-21)7-5-2)22-20(23)17(24)11-13(3)26-22/h9-12,15H,4-8H2,1-3H3. The fourth-order valence-electron chi connectivity index (χ4n) is 3.89. The van der Waals surface area contributed by atoms with E-state index in [2.05, 4.69) is 13.8 Å². The van der Waals surface area contributed by atoms with Crippen LogP contribution in [0.25, 0.3) is 28.0 Å². The van der Waals surface area contributed by atoms with E-state index in [1.807, 2.05) is 12.2 Å². The molecule has 5 heteroatoms. The molecule has 146 valence electrons. The molecule has 0 saturated carbocycles. The number of hydrogen-bond donors (Lipinski definition) is 0. The average Bonchev–Trinajstić information content (AvgIpc) is 2.65. The number of unbranched alkanes of at least 4 members (excludes halogenated alkanes) is 1. The van der Waals surface area contributed by atoms with Gasteiger partial charge in [-0.15, -0.1) is 0 Å². The van der Waals surface area contributed by atoms with Gasteiger partial charge < -0.3 is 13.6 Å². The summed E-state index contributed by atoms with van der Waals surface area (Å²) in [6.45, 7) is 5.95. The zero-order chi connectivity index (χ0) is 19.8. The number of ether oxygens (including phenoxy) is 1. The predicted octanol–water partition coefficient (Wildman–Crippen LogP) is 5.12. The van der Waals surface area contributed by atoms with Crippen LogP contribution in [-0.4, -0.2) is 6.10 Å². The lowest BCUT2D eigenvalue weighted by Gasteiger charge is -2.24. The molecule has 0 fully saturated rings. The molecule has 0 aliphatic carbocycles. The maximum absolute atomic E-state index is 12.8. The molecule has 0 N–H and O–H groups in total. The van der Waals surface area contributed by atoms with Gasteiger partial charge in [-0.3, -0.25) is 4.79 Å². The van der Waals surface area contributed by atoms with Crippen molar-refractivity contribution in [1.29, 1.82) is 0 Å². The van der Waals surface area contributed by atoms with E-state index in [9.17, 15) is 9.59 Å². The summed E-state index contributed by atoms with van der Waals surface area (Å²) in [5.41, 5.74) is 1.60. The number of hydrogen-bond acceptors (Lipinski definition) is 5. The maximum atomic E-state index is 12.8. The molecule has 4 rings (SSSR count). The van der Waals surface area contributed by atoms with Crippen molar-refractivity contribution in [2.75, 3.05) is 0 Å². The van der Waals surface area contributed by atoms with E-state index in [1.54, 1.807) is 6.92 Å². The third-order valence-electron chi connectivity index (χ3n) is 5.18. The van der Waals surface area contributed by atoms with Gasteiger partial charge in [0, 0.05) is 12.1 Å². The summed E-state index contributed by atoms with van der Waals surface area (Å²) in [6.07, 6.45) is 8.44.